The van der Waals surface area contributed by atoms with Gasteiger partial charge in [-0.1, -0.05) is 47.5 Å². The first kappa shape index (κ1) is 18.1. The maximum absolute atomic E-state index is 9.45. The number of ether oxygens (including phenoxy) is 2. The van der Waals surface area contributed by atoms with Crippen molar-refractivity contribution in [3.63, 3.8) is 0 Å². The number of rotatable bonds is 7. The van der Waals surface area contributed by atoms with Crippen LogP contribution in [0.15, 0.2) is 46.9 Å². The van der Waals surface area contributed by atoms with Crippen LogP contribution >= 0.6 is 15.9 Å². The van der Waals surface area contributed by atoms with Gasteiger partial charge in [-0.25, -0.2) is 0 Å². The fraction of sp³-hybridized carbons (Fsp3) is 0.250. The average Bonchev–Trinajstić information content (AvgIpc) is 2.61. The fourth-order valence-electron chi connectivity index (χ4n) is 2.20. The molecule has 0 aliphatic carbocycles. The molecular formula is C20H20BrNO2. The summed E-state index contributed by atoms with van der Waals surface area (Å²) in [6.07, 6.45) is 3.94. The number of hydrogen-bond acceptors (Lipinski definition) is 3. The molecule has 0 heterocycles. The van der Waals surface area contributed by atoms with Gasteiger partial charge < -0.3 is 9.47 Å². The van der Waals surface area contributed by atoms with Crippen molar-refractivity contribution < 1.29 is 9.47 Å². The molecule has 0 aliphatic heterocycles. The number of unbranched alkanes of at least 4 members (excludes halogenated alkanes) is 1. The Hall–Kier alpha value is -2.25. The van der Waals surface area contributed by atoms with E-state index in [0.29, 0.717) is 17.9 Å². The van der Waals surface area contributed by atoms with Crippen molar-refractivity contribution in [1.29, 1.82) is 5.26 Å². The molecule has 24 heavy (non-hydrogen) atoms. The van der Waals surface area contributed by atoms with Gasteiger partial charge in [-0.3, -0.25) is 0 Å². The van der Waals surface area contributed by atoms with Crippen molar-refractivity contribution in [2.45, 2.75) is 19.8 Å². The van der Waals surface area contributed by atoms with Crippen LogP contribution in [0.25, 0.3) is 11.6 Å². The Bertz CT molecular complexity index is 745. The van der Waals surface area contributed by atoms with Crippen LogP contribution in [0.1, 0.15) is 30.9 Å². The van der Waals surface area contributed by atoms with Gasteiger partial charge >= 0.3 is 0 Å². The second-order valence-electron chi connectivity index (χ2n) is 5.29. The maximum Gasteiger partial charge on any atom is 0.161 e. The Morgan fingerprint density at radius 1 is 1.17 bits per heavy atom. The second-order valence-corrected chi connectivity index (χ2v) is 6.20. The second kappa shape index (κ2) is 9.14. The number of halogens is 1. The lowest BCUT2D eigenvalue weighted by Crippen LogP contribution is -1.99. The highest BCUT2D eigenvalue weighted by Crippen LogP contribution is 2.30. The van der Waals surface area contributed by atoms with Crippen LogP contribution in [0, 0.1) is 11.3 Å². The lowest BCUT2D eigenvalue weighted by Gasteiger charge is -2.11. The van der Waals surface area contributed by atoms with Crippen molar-refractivity contribution >= 4 is 27.6 Å². The summed E-state index contributed by atoms with van der Waals surface area (Å²) in [6, 6.07) is 15.6. The van der Waals surface area contributed by atoms with Gasteiger partial charge in [0.2, 0.25) is 0 Å². The molecular weight excluding hydrogens is 366 g/mol. The minimum absolute atomic E-state index is 0.601. The Balaban J connectivity index is 2.27. The summed E-state index contributed by atoms with van der Waals surface area (Å²) >= 11 is 3.40. The smallest absolute Gasteiger partial charge is 0.161 e. The highest BCUT2D eigenvalue weighted by Gasteiger charge is 2.07. The first-order valence-corrected chi connectivity index (χ1v) is 8.65. The van der Waals surface area contributed by atoms with E-state index in [1.165, 1.54) is 0 Å². The molecule has 0 aromatic heterocycles. The van der Waals surface area contributed by atoms with Gasteiger partial charge in [0.25, 0.3) is 0 Å². The van der Waals surface area contributed by atoms with Crippen molar-refractivity contribution in [3.8, 4) is 17.6 Å². The number of methoxy groups -OCH3 is 1. The van der Waals surface area contributed by atoms with E-state index >= 15 is 0 Å². The van der Waals surface area contributed by atoms with Crippen LogP contribution in [0.4, 0.5) is 0 Å². The molecule has 0 spiro atoms. The largest absolute Gasteiger partial charge is 0.493 e. The zero-order valence-corrected chi connectivity index (χ0v) is 15.5. The van der Waals surface area contributed by atoms with Gasteiger partial charge in [0, 0.05) is 4.47 Å². The van der Waals surface area contributed by atoms with Crippen LogP contribution in [0.2, 0.25) is 0 Å². The number of hydrogen-bond donors (Lipinski definition) is 0. The van der Waals surface area contributed by atoms with E-state index in [-0.39, 0.29) is 0 Å². The summed E-state index contributed by atoms with van der Waals surface area (Å²) in [4.78, 5) is 0. The van der Waals surface area contributed by atoms with Crippen molar-refractivity contribution in [3.05, 3.63) is 58.1 Å². The summed E-state index contributed by atoms with van der Waals surface area (Å²) < 4.78 is 12.1. The predicted molar refractivity (Wildman–Crippen MR) is 101 cm³/mol. The van der Waals surface area contributed by atoms with Gasteiger partial charge in [-0.05, 0) is 47.9 Å². The topological polar surface area (TPSA) is 42.2 Å². The molecule has 0 saturated carbocycles. The van der Waals surface area contributed by atoms with Crippen LogP contribution in [-0.2, 0) is 0 Å². The molecule has 0 amide bonds. The highest BCUT2D eigenvalue weighted by atomic mass is 79.9. The highest BCUT2D eigenvalue weighted by molar-refractivity contribution is 9.10. The first-order chi connectivity index (χ1) is 11.7. The minimum atomic E-state index is 0.601. The third-order valence-electron chi connectivity index (χ3n) is 3.53. The Morgan fingerprint density at radius 3 is 2.54 bits per heavy atom. The third kappa shape index (κ3) is 4.87. The first-order valence-electron chi connectivity index (χ1n) is 7.86. The summed E-state index contributed by atoms with van der Waals surface area (Å²) in [5, 5.41) is 9.45. The van der Waals surface area contributed by atoms with Crippen LogP contribution in [0.3, 0.4) is 0 Å². The molecule has 3 nitrogen and oxygen atoms in total. The predicted octanol–water partition coefficient (Wildman–Crippen LogP) is 5.70. The van der Waals surface area contributed by atoms with Crippen LogP contribution in [0.5, 0.6) is 11.5 Å². The number of benzene rings is 2. The normalized spacial score (nSPS) is 11.0. The van der Waals surface area contributed by atoms with E-state index in [1.54, 1.807) is 7.11 Å². The molecule has 0 fully saturated rings. The summed E-state index contributed by atoms with van der Waals surface area (Å²) in [5.74, 6) is 1.40. The average molecular weight is 386 g/mol. The lowest BCUT2D eigenvalue weighted by molar-refractivity contribution is 0.288. The quantitative estimate of drug-likeness (QED) is 0.348. The molecule has 0 saturated heterocycles. The molecule has 4 heteroatoms. The lowest BCUT2D eigenvalue weighted by atomic mass is 10.0. The molecule has 0 unspecified atom stereocenters. The maximum atomic E-state index is 9.45. The van der Waals surface area contributed by atoms with E-state index < -0.39 is 0 Å². The molecule has 0 aliphatic rings. The van der Waals surface area contributed by atoms with E-state index in [9.17, 15) is 5.26 Å². The summed E-state index contributed by atoms with van der Waals surface area (Å²) in [7, 11) is 1.62. The standard InChI is InChI=1S/C20H20BrNO2/c1-3-4-11-24-19-10-5-15(13-20(19)23-2)12-17(14-22)16-6-8-18(21)9-7-16/h5-10,12-13H,3-4,11H2,1-2H3/b17-12+. The van der Waals surface area contributed by atoms with Gasteiger partial charge in [0.1, 0.15) is 0 Å². The molecule has 0 N–H and O–H groups in total. The van der Waals surface area contributed by atoms with Crippen LogP contribution < -0.4 is 9.47 Å². The van der Waals surface area contributed by atoms with Crippen LogP contribution in [-0.4, -0.2) is 13.7 Å². The molecule has 0 atom stereocenters. The molecule has 2 aromatic rings. The van der Waals surface area contributed by atoms with Crippen molar-refractivity contribution in [2.24, 2.45) is 0 Å². The Labute approximate surface area is 151 Å². The Kier molecular flexibility index (Phi) is 6.89. The Morgan fingerprint density at radius 2 is 1.92 bits per heavy atom. The minimum Gasteiger partial charge on any atom is -0.493 e. The summed E-state index contributed by atoms with van der Waals surface area (Å²) in [5.41, 5.74) is 2.38. The molecule has 2 rings (SSSR count). The molecule has 2 aromatic carbocycles. The van der Waals surface area contributed by atoms with Gasteiger partial charge in [-0.2, -0.15) is 5.26 Å². The number of nitriles is 1. The van der Waals surface area contributed by atoms with E-state index in [0.717, 1.165) is 34.2 Å². The van der Waals surface area contributed by atoms with E-state index in [1.807, 2.05) is 48.5 Å². The van der Waals surface area contributed by atoms with Gasteiger partial charge in [0.15, 0.2) is 11.5 Å². The van der Waals surface area contributed by atoms with Crippen molar-refractivity contribution in [1.82, 2.24) is 0 Å². The van der Waals surface area contributed by atoms with Gasteiger partial charge in [0.05, 0.1) is 25.4 Å². The zero-order valence-electron chi connectivity index (χ0n) is 13.9. The van der Waals surface area contributed by atoms with E-state index in [2.05, 4.69) is 28.9 Å². The third-order valence-corrected chi connectivity index (χ3v) is 4.06. The van der Waals surface area contributed by atoms with E-state index in [4.69, 9.17) is 9.47 Å². The zero-order chi connectivity index (χ0) is 17.4. The van der Waals surface area contributed by atoms with Crippen molar-refractivity contribution in [2.75, 3.05) is 13.7 Å². The number of allylic oxidation sites excluding steroid dienone is 1. The molecule has 124 valence electrons. The molecule has 0 bridgehead atoms. The number of nitrogens with zero attached hydrogens (tertiary/aromatic N) is 1. The SMILES string of the molecule is CCCCOc1ccc(/C=C(\C#N)c2ccc(Br)cc2)cc1OC. The van der Waals surface area contributed by atoms with Gasteiger partial charge in [-0.15, -0.1) is 0 Å². The molecule has 0 radical (unpaired) electrons. The summed E-state index contributed by atoms with van der Waals surface area (Å²) in [6.45, 7) is 2.80. The fourth-order valence-corrected chi connectivity index (χ4v) is 2.46. The monoisotopic (exact) mass is 385 g/mol.